The highest BCUT2D eigenvalue weighted by Gasteiger charge is 2.43. The highest BCUT2D eigenvalue weighted by atomic mass is 32.1. The van der Waals surface area contributed by atoms with E-state index < -0.39 is 6.10 Å². The van der Waals surface area contributed by atoms with Crippen molar-refractivity contribution in [3.8, 4) is 10.4 Å². The van der Waals surface area contributed by atoms with Gasteiger partial charge in [-0.1, -0.05) is 42.5 Å². The summed E-state index contributed by atoms with van der Waals surface area (Å²) in [5.41, 5.74) is 3.38. The molecule has 1 aliphatic heterocycles. The summed E-state index contributed by atoms with van der Waals surface area (Å²) in [6.45, 7) is 0. The second-order valence-corrected chi connectivity index (χ2v) is 8.92. The topological polar surface area (TPSA) is 43.8 Å². The van der Waals surface area contributed by atoms with Crippen LogP contribution in [0.2, 0.25) is 0 Å². The van der Waals surface area contributed by atoms with E-state index in [1.807, 2.05) is 50.5 Å². The SMILES string of the molecule is CN(C)c1cccc(-c2ccc([C@@H](O)[C@H]3[C@@H](c4ccccc4)CC(=O)N3C)s2)c1. The van der Waals surface area contributed by atoms with Crippen molar-refractivity contribution >= 4 is 22.9 Å². The molecule has 29 heavy (non-hydrogen) atoms. The van der Waals surface area contributed by atoms with Crippen molar-refractivity contribution in [2.24, 2.45) is 0 Å². The van der Waals surface area contributed by atoms with Crippen molar-refractivity contribution < 1.29 is 9.90 Å². The van der Waals surface area contributed by atoms with E-state index in [4.69, 9.17) is 0 Å². The van der Waals surface area contributed by atoms with Crippen LogP contribution < -0.4 is 4.90 Å². The molecule has 1 fully saturated rings. The minimum absolute atomic E-state index is 0.00804. The number of hydrogen-bond donors (Lipinski definition) is 1. The smallest absolute Gasteiger partial charge is 0.223 e. The van der Waals surface area contributed by atoms with Crippen LogP contribution in [0.5, 0.6) is 0 Å². The highest BCUT2D eigenvalue weighted by molar-refractivity contribution is 7.15. The summed E-state index contributed by atoms with van der Waals surface area (Å²) in [5, 5.41) is 11.3. The van der Waals surface area contributed by atoms with E-state index in [2.05, 4.69) is 35.2 Å². The third-order valence-electron chi connectivity index (χ3n) is 5.76. The van der Waals surface area contributed by atoms with E-state index in [1.54, 1.807) is 23.3 Å². The first kappa shape index (κ1) is 19.7. The predicted molar refractivity (Wildman–Crippen MR) is 119 cm³/mol. The molecule has 1 aliphatic rings. The zero-order valence-corrected chi connectivity index (χ0v) is 17.8. The summed E-state index contributed by atoms with van der Waals surface area (Å²) < 4.78 is 0. The van der Waals surface area contributed by atoms with E-state index in [9.17, 15) is 9.90 Å². The van der Waals surface area contributed by atoms with Gasteiger partial charge in [0.05, 0.1) is 6.04 Å². The molecule has 0 spiro atoms. The van der Waals surface area contributed by atoms with Gasteiger partial charge in [0.1, 0.15) is 6.10 Å². The van der Waals surface area contributed by atoms with Gasteiger partial charge in [-0.25, -0.2) is 0 Å². The standard InChI is InChI=1S/C24H26N2O2S/c1-25(2)18-11-7-10-17(14-18)20-12-13-21(29-20)24(28)23-19(15-22(27)26(23)3)16-8-5-4-6-9-16/h4-14,19,23-24,28H,15H2,1-3H3/t19-,23-,24-/m1/s1. The first-order chi connectivity index (χ1) is 14.0. The Bertz CT molecular complexity index is 999. The molecular weight excluding hydrogens is 380 g/mol. The number of aliphatic hydroxyl groups excluding tert-OH is 1. The molecule has 1 N–H and O–H groups in total. The zero-order chi connectivity index (χ0) is 20.5. The Morgan fingerprint density at radius 2 is 1.83 bits per heavy atom. The molecule has 1 saturated heterocycles. The monoisotopic (exact) mass is 406 g/mol. The summed E-state index contributed by atoms with van der Waals surface area (Å²) >= 11 is 1.60. The fraction of sp³-hybridized carbons (Fsp3) is 0.292. The van der Waals surface area contributed by atoms with Crippen LogP contribution in [0.3, 0.4) is 0 Å². The molecule has 0 radical (unpaired) electrons. The molecule has 1 aromatic heterocycles. The van der Waals surface area contributed by atoms with Crippen molar-refractivity contribution in [2.45, 2.75) is 24.5 Å². The van der Waals surface area contributed by atoms with Crippen LogP contribution in [0.25, 0.3) is 10.4 Å². The number of rotatable bonds is 5. The Labute approximate surface area is 176 Å². The molecule has 0 unspecified atom stereocenters. The normalized spacial score (nSPS) is 20.1. The van der Waals surface area contributed by atoms with Crippen molar-refractivity contribution in [3.05, 3.63) is 77.2 Å². The number of carbonyl (C=O) groups is 1. The predicted octanol–water partition coefficient (Wildman–Crippen LogP) is 4.53. The lowest BCUT2D eigenvalue weighted by Crippen LogP contribution is -2.36. The Hall–Kier alpha value is -2.63. The van der Waals surface area contributed by atoms with Crippen LogP contribution in [-0.2, 0) is 4.79 Å². The number of carbonyl (C=O) groups excluding carboxylic acids is 1. The van der Waals surface area contributed by atoms with Gasteiger partial charge in [0, 0.05) is 48.9 Å². The third-order valence-corrected chi connectivity index (χ3v) is 6.97. The Balaban J connectivity index is 1.63. The number of benzene rings is 2. The van der Waals surface area contributed by atoms with Crippen molar-refractivity contribution in [3.63, 3.8) is 0 Å². The quantitative estimate of drug-likeness (QED) is 0.677. The summed E-state index contributed by atoms with van der Waals surface area (Å²) in [6.07, 6.45) is -0.279. The van der Waals surface area contributed by atoms with Gasteiger partial charge in [-0.15, -0.1) is 11.3 Å². The summed E-state index contributed by atoms with van der Waals surface area (Å²) in [4.78, 5) is 18.3. The van der Waals surface area contributed by atoms with Crippen LogP contribution in [0.4, 0.5) is 5.69 Å². The minimum atomic E-state index is -0.715. The molecule has 3 atom stereocenters. The fourth-order valence-electron chi connectivity index (χ4n) is 4.11. The number of aliphatic hydroxyl groups is 1. The minimum Gasteiger partial charge on any atom is -0.385 e. The number of thiophene rings is 1. The lowest BCUT2D eigenvalue weighted by atomic mass is 9.88. The molecule has 2 aromatic carbocycles. The van der Waals surface area contributed by atoms with E-state index in [-0.39, 0.29) is 17.9 Å². The van der Waals surface area contributed by atoms with Crippen LogP contribution in [0.1, 0.15) is 28.9 Å². The van der Waals surface area contributed by atoms with Crippen LogP contribution in [0, 0.1) is 0 Å². The maximum Gasteiger partial charge on any atom is 0.223 e. The van der Waals surface area contributed by atoms with Gasteiger partial charge < -0.3 is 14.9 Å². The van der Waals surface area contributed by atoms with Gasteiger partial charge in [-0.05, 0) is 35.4 Å². The maximum atomic E-state index is 12.4. The van der Waals surface area contributed by atoms with Crippen LogP contribution in [-0.4, -0.2) is 43.1 Å². The molecule has 150 valence electrons. The van der Waals surface area contributed by atoms with E-state index in [0.717, 1.165) is 26.6 Å². The second-order valence-electron chi connectivity index (χ2n) is 7.81. The lowest BCUT2D eigenvalue weighted by Gasteiger charge is -2.29. The Kier molecular flexibility index (Phi) is 5.43. The highest BCUT2D eigenvalue weighted by Crippen LogP contribution is 2.42. The summed E-state index contributed by atoms with van der Waals surface area (Å²) in [6, 6.07) is 22.2. The average Bonchev–Trinajstić information content (AvgIpc) is 3.34. The molecule has 4 rings (SSSR count). The molecule has 0 bridgehead atoms. The molecule has 0 saturated carbocycles. The van der Waals surface area contributed by atoms with E-state index in [0.29, 0.717) is 6.42 Å². The number of likely N-dealkylation sites (N-methyl/N-ethyl adjacent to an activating group) is 1. The molecule has 2 heterocycles. The van der Waals surface area contributed by atoms with Crippen molar-refractivity contribution in [1.82, 2.24) is 4.90 Å². The van der Waals surface area contributed by atoms with Crippen LogP contribution in [0.15, 0.2) is 66.7 Å². The molecule has 4 nitrogen and oxygen atoms in total. The molecular formula is C24H26N2O2S. The number of amides is 1. The summed E-state index contributed by atoms with van der Waals surface area (Å²) in [7, 11) is 5.85. The van der Waals surface area contributed by atoms with Crippen molar-refractivity contribution in [1.29, 1.82) is 0 Å². The first-order valence-corrected chi connectivity index (χ1v) is 10.6. The molecule has 0 aliphatic carbocycles. The van der Waals surface area contributed by atoms with Gasteiger partial charge in [0.25, 0.3) is 0 Å². The maximum absolute atomic E-state index is 12.4. The largest absolute Gasteiger partial charge is 0.385 e. The number of hydrogen-bond acceptors (Lipinski definition) is 4. The Morgan fingerprint density at radius 3 is 2.55 bits per heavy atom. The summed E-state index contributed by atoms with van der Waals surface area (Å²) in [5.74, 6) is 0.0738. The molecule has 5 heteroatoms. The number of nitrogens with zero attached hydrogens (tertiary/aromatic N) is 2. The van der Waals surface area contributed by atoms with E-state index in [1.165, 1.54) is 0 Å². The van der Waals surface area contributed by atoms with Gasteiger partial charge in [0.2, 0.25) is 5.91 Å². The number of anilines is 1. The third kappa shape index (κ3) is 3.80. The van der Waals surface area contributed by atoms with Gasteiger partial charge >= 0.3 is 0 Å². The fourth-order valence-corrected chi connectivity index (χ4v) is 5.14. The average molecular weight is 407 g/mol. The molecule has 3 aromatic rings. The Morgan fingerprint density at radius 1 is 1.07 bits per heavy atom. The van der Waals surface area contributed by atoms with Crippen LogP contribution >= 0.6 is 11.3 Å². The zero-order valence-electron chi connectivity index (χ0n) is 16.9. The van der Waals surface area contributed by atoms with Gasteiger partial charge in [-0.2, -0.15) is 0 Å². The molecule has 1 amide bonds. The van der Waals surface area contributed by atoms with Crippen molar-refractivity contribution in [2.75, 3.05) is 26.0 Å². The lowest BCUT2D eigenvalue weighted by molar-refractivity contribution is -0.128. The van der Waals surface area contributed by atoms with E-state index >= 15 is 0 Å². The first-order valence-electron chi connectivity index (χ1n) is 9.82. The number of likely N-dealkylation sites (tertiary alicyclic amines) is 1. The second kappa shape index (κ2) is 8.01. The van der Waals surface area contributed by atoms with Gasteiger partial charge in [-0.3, -0.25) is 4.79 Å². The van der Waals surface area contributed by atoms with Gasteiger partial charge in [0.15, 0.2) is 0 Å².